The van der Waals surface area contributed by atoms with Crippen LogP contribution in [0.5, 0.6) is 0 Å². The van der Waals surface area contributed by atoms with Gasteiger partial charge in [0.1, 0.15) is 0 Å². The molecular formula is C16H25N3O2S. The lowest BCUT2D eigenvalue weighted by Crippen LogP contribution is -2.20. The van der Waals surface area contributed by atoms with Crippen molar-refractivity contribution in [2.45, 2.75) is 19.1 Å². The third-order valence-corrected chi connectivity index (χ3v) is 5.39. The Hall–Kier alpha value is -1.37. The van der Waals surface area contributed by atoms with Gasteiger partial charge in [-0.05, 0) is 50.3 Å². The van der Waals surface area contributed by atoms with Crippen LogP contribution >= 0.6 is 0 Å². The molecule has 0 fully saturated rings. The highest BCUT2D eigenvalue weighted by atomic mass is 32.2. The van der Waals surface area contributed by atoms with Crippen molar-refractivity contribution < 1.29 is 8.42 Å². The van der Waals surface area contributed by atoms with Crippen LogP contribution in [0.1, 0.15) is 18.1 Å². The molecule has 0 amide bonds. The van der Waals surface area contributed by atoms with Gasteiger partial charge >= 0.3 is 0 Å². The van der Waals surface area contributed by atoms with Crippen LogP contribution < -0.4 is 5.32 Å². The first-order chi connectivity index (χ1) is 10.4. The number of H-pyrrole nitrogens is 1. The first kappa shape index (κ1) is 17.0. The highest BCUT2D eigenvalue weighted by molar-refractivity contribution is 7.90. The molecule has 1 aromatic heterocycles. The van der Waals surface area contributed by atoms with Gasteiger partial charge in [-0.3, -0.25) is 0 Å². The molecular weight excluding hydrogens is 298 g/mol. The number of sulfone groups is 1. The van der Waals surface area contributed by atoms with E-state index in [1.807, 2.05) is 24.4 Å². The average Bonchev–Trinajstić information content (AvgIpc) is 2.86. The second-order valence-electron chi connectivity index (χ2n) is 5.73. The molecule has 1 aromatic carbocycles. The van der Waals surface area contributed by atoms with Gasteiger partial charge in [0, 0.05) is 23.6 Å². The van der Waals surface area contributed by atoms with Crippen molar-refractivity contribution >= 4 is 20.7 Å². The summed E-state index contributed by atoms with van der Waals surface area (Å²) in [5.41, 5.74) is 3.14. The fourth-order valence-corrected chi connectivity index (χ4v) is 3.75. The van der Waals surface area contributed by atoms with Crippen molar-refractivity contribution in [1.82, 2.24) is 15.2 Å². The molecule has 0 spiro atoms. The topological polar surface area (TPSA) is 65.2 Å². The number of aromatic amines is 1. The van der Waals surface area contributed by atoms with Crippen LogP contribution in [0.2, 0.25) is 0 Å². The monoisotopic (exact) mass is 323 g/mol. The zero-order valence-corrected chi connectivity index (χ0v) is 14.3. The molecule has 0 aliphatic rings. The van der Waals surface area contributed by atoms with Crippen molar-refractivity contribution in [1.29, 1.82) is 0 Å². The third kappa shape index (κ3) is 4.32. The number of hydrogen-bond donors (Lipinski definition) is 2. The highest BCUT2D eigenvalue weighted by Crippen LogP contribution is 2.21. The van der Waals surface area contributed by atoms with E-state index in [0.717, 1.165) is 36.0 Å². The molecule has 2 N–H and O–H groups in total. The standard InChI is InChI=1S/C16H25N3O2S/c1-4-19(3)8-7-14-10-18-16-6-5-13(9-15(14)16)11-22(20,21)12-17-2/h5-6,9-10,17-18H,4,7-8,11-12H2,1-3H3. The lowest BCUT2D eigenvalue weighted by atomic mass is 10.1. The van der Waals surface area contributed by atoms with E-state index in [-0.39, 0.29) is 11.6 Å². The number of rotatable bonds is 8. The predicted molar refractivity (Wildman–Crippen MR) is 91.7 cm³/mol. The summed E-state index contributed by atoms with van der Waals surface area (Å²) >= 11 is 0. The van der Waals surface area contributed by atoms with Gasteiger partial charge < -0.3 is 15.2 Å². The van der Waals surface area contributed by atoms with Crippen molar-refractivity contribution in [3.8, 4) is 0 Å². The van der Waals surface area contributed by atoms with Crippen molar-refractivity contribution in [3.05, 3.63) is 35.5 Å². The Kier molecular flexibility index (Phi) is 5.61. The molecule has 122 valence electrons. The number of nitrogens with zero attached hydrogens (tertiary/aromatic N) is 1. The summed E-state index contributed by atoms with van der Waals surface area (Å²) in [5, 5.41) is 3.84. The summed E-state index contributed by atoms with van der Waals surface area (Å²) < 4.78 is 23.9. The van der Waals surface area contributed by atoms with Crippen LogP contribution in [-0.4, -0.2) is 51.4 Å². The second kappa shape index (κ2) is 7.26. The van der Waals surface area contributed by atoms with Crippen LogP contribution in [0.3, 0.4) is 0 Å². The molecule has 0 aliphatic heterocycles. The van der Waals surface area contributed by atoms with Crippen molar-refractivity contribution in [2.75, 3.05) is 33.1 Å². The summed E-state index contributed by atoms with van der Waals surface area (Å²) in [6.07, 6.45) is 2.98. The number of fused-ring (bicyclic) bond motifs is 1. The fraction of sp³-hybridized carbons (Fsp3) is 0.500. The van der Waals surface area contributed by atoms with Gasteiger partial charge in [-0.2, -0.15) is 0 Å². The Morgan fingerprint density at radius 1 is 1.32 bits per heavy atom. The molecule has 22 heavy (non-hydrogen) atoms. The quantitative estimate of drug-likeness (QED) is 0.777. The van der Waals surface area contributed by atoms with Crippen molar-refractivity contribution in [2.24, 2.45) is 0 Å². The number of hydrogen-bond acceptors (Lipinski definition) is 4. The molecule has 2 rings (SSSR count). The normalized spacial score (nSPS) is 12.4. The molecule has 1 heterocycles. The van der Waals surface area contributed by atoms with E-state index in [1.165, 1.54) is 5.56 Å². The molecule has 0 radical (unpaired) electrons. The largest absolute Gasteiger partial charge is 0.361 e. The maximum Gasteiger partial charge on any atom is 0.167 e. The molecule has 0 saturated heterocycles. The summed E-state index contributed by atoms with van der Waals surface area (Å²) in [6.45, 7) is 4.15. The van der Waals surface area contributed by atoms with E-state index in [2.05, 4.69) is 29.2 Å². The lowest BCUT2D eigenvalue weighted by Gasteiger charge is -2.12. The van der Waals surface area contributed by atoms with Crippen molar-refractivity contribution in [3.63, 3.8) is 0 Å². The van der Waals surface area contributed by atoms with Crippen LogP contribution in [0, 0.1) is 0 Å². The fourth-order valence-electron chi connectivity index (χ4n) is 2.52. The molecule has 0 saturated carbocycles. The Balaban J connectivity index is 2.21. The van der Waals surface area contributed by atoms with Gasteiger partial charge in [-0.15, -0.1) is 0 Å². The minimum Gasteiger partial charge on any atom is -0.361 e. The third-order valence-electron chi connectivity index (χ3n) is 3.89. The number of likely N-dealkylation sites (N-methyl/N-ethyl adjacent to an activating group) is 1. The zero-order valence-electron chi connectivity index (χ0n) is 13.5. The average molecular weight is 323 g/mol. The summed E-state index contributed by atoms with van der Waals surface area (Å²) in [5.74, 6) is 0.0790. The molecule has 5 nitrogen and oxygen atoms in total. The van der Waals surface area contributed by atoms with E-state index < -0.39 is 9.84 Å². The second-order valence-corrected chi connectivity index (χ2v) is 7.79. The van der Waals surface area contributed by atoms with Crippen LogP contribution in [0.25, 0.3) is 10.9 Å². The summed E-state index contributed by atoms with van der Waals surface area (Å²) in [4.78, 5) is 5.53. The zero-order chi connectivity index (χ0) is 16.2. The molecule has 6 heteroatoms. The Labute approximate surface area is 132 Å². The van der Waals surface area contributed by atoms with Crippen LogP contribution in [0.15, 0.2) is 24.4 Å². The van der Waals surface area contributed by atoms with E-state index in [1.54, 1.807) is 7.05 Å². The molecule has 0 bridgehead atoms. The summed E-state index contributed by atoms with van der Waals surface area (Å²) in [7, 11) is 0.641. The van der Waals surface area contributed by atoms with E-state index >= 15 is 0 Å². The van der Waals surface area contributed by atoms with E-state index in [0.29, 0.717) is 0 Å². The molecule has 0 atom stereocenters. The lowest BCUT2D eigenvalue weighted by molar-refractivity contribution is 0.358. The van der Waals surface area contributed by atoms with E-state index in [4.69, 9.17) is 0 Å². The maximum atomic E-state index is 11.9. The van der Waals surface area contributed by atoms with Gasteiger partial charge in [-0.25, -0.2) is 8.42 Å². The Bertz CT molecular complexity index is 722. The van der Waals surface area contributed by atoms with Gasteiger partial charge in [0.25, 0.3) is 0 Å². The number of benzene rings is 1. The molecule has 0 aliphatic carbocycles. The summed E-state index contributed by atoms with van der Waals surface area (Å²) in [6, 6.07) is 5.85. The van der Waals surface area contributed by atoms with Crippen LogP contribution in [0.4, 0.5) is 0 Å². The SMILES string of the molecule is CCN(C)CCc1c[nH]c2ccc(CS(=O)(=O)CNC)cc12. The van der Waals surface area contributed by atoms with Gasteiger partial charge in [0.2, 0.25) is 0 Å². The van der Waals surface area contributed by atoms with Gasteiger partial charge in [-0.1, -0.05) is 13.0 Å². The first-order valence-corrected chi connectivity index (χ1v) is 9.39. The number of aromatic nitrogens is 1. The van der Waals surface area contributed by atoms with Gasteiger partial charge in [0.15, 0.2) is 9.84 Å². The number of nitrogens with one attached hydrogen (secondary N) is 2. The van der Waals surface area contributed by atoms with Crippen LogP contribution in [-0.2, 0) is 22.0 Å². The predicted octanol–water partition coefficient (Wildman–Crippen LogP) is 1.75. The van der Waals surface area contributed by atoms with Gasteiger partial charge in [0.05, 0.1) is 11.6 Å². The maximum absolute atomic E-state index is 11.9. The first-order valence-electron chi connectivity index (χ1n) is 7.57. The smallest absolute Gasteiger partial charge is 0.167 e. The Morgan fingerprint density at radius 3 is 2.77 bits per heavy atom. The molecule has 2 aromatic rings. The Morgan fingerprint density at radius 2 is 2.09 bits per heavy atom. The highest BCUT2D eigenvalue weighted by Gasteiger charge is 2.12. The van der Waals surface area contributed by atoms with E-state index in [9.17, 15) is 8.42 Å². The minimum absolute atomic E-state index is 0.00628. The minimum atomic E-state index is -3.11. The molecule has 0 unspecified atom stereocenters.